The van der Waals surface area contributed by atoms with Crippen molar-refractivity contribution >= 4 is 17.5 Å². The van der Waals surface area contributed by atoms with Gasteiger partial charge in [0.15, 0.2) is 6.61 Å². The zero-order chi connectivity index (χ0) is 15.7. The van der Waals surface area contributed by atoms with Gasteiger partial charge in [0, 0.05) is 24.7 Å². The summed E-state index contributed by atoms with van der Waals surface area (Å²) in [5, 5.41) is 2.73. The Morgan fingerprint density at radius 1 is 1.41 bits per heavy atom. The maximum absolute atomic E-state index is 12.6. The highest BCUT2D eigenvalue weighted by molar-refractivity contribution is 5.99. The number of hydrogen-bond donors (Lipinski definition) is 2. The third-order valence-electron chi connectivity index (χ3n) is 4.43. The number of rotatable bonds is 2. The number of nitrogens with two attached hydrogens (primary N) is 1. The lowest BCUT2D eigenvalue weighted by molar-refractivity contribution is -0.118. The average Bonchev–Trinajstić information content (AvgIpc) is 2.53. The topological polar surface area (TPSA) is 84.7 Å². The predicted octanol–water partition coefficient (Wildman–Crippen LogP) is 1.22. The van der Waals surface area contributed by atoms with Crippen molar-refractivity contribution in [3.63, 3.8) is 0 Å². The number of hydrogen-bond acceptors (Lipinski definition) is 4. The molecule has 1 saturated heterocycles. The summed E-state index contributed by atoms with van der Waals surface area (Å²) in [5.41, 5.74) is 7.07. The first-order chi connectivity index (χ1) is 10.5. The maximum Gasteiger partial charge on any atom is 0.262 e. The van der Waals surface area contributed by atoms with Crippen LogP contribution in [0.4, 0.5) is 5.69 Å². The summed E-state index contributed by atoms with van der Waals surface area (Å²) >= 11 is 0. The highest BCUT2D eigenvalue weighted by atomic mass is 16.5. The van der Waals surface area contributed by atoms with Crippen molar-refractivity contribution in [1.82, 2.24) is 4.90 Å². The van der Waals surface area contributed by atoms with Gasteiger partial charge in [-0.1, -0.05) is 0 Å². The molecule has 0 aliphatic carbocycles. The molecule has 3 rings (SSSR count). The molecule has 22 heavy (non-hydrogen) atoms. The quantitative estimate of drug-likeness (QED) is 0.860. The van der Waals surface area contributed by atoms with Gasteiger partial charge in [-0.25, -0.2) is 0 Å². The highest BCUT2D eigenvalue weighted by Gasteiger charge is 2.26. The Balaban J connectivity index is 1.71. The molecule has 6 heteroatoms. The Labute approximate surface area is 129 Å². The molecule has 118 valence electrons. The van der Waals surface area contributed by atoms with Gasteiger partial charge in [-0.3, -0.25) is 9.59 Å². The molecule has 1 unspecified atom stereocenters. The molecule has 2 amide bonds. The van der Waals surface area contributed by atoms with Crippen molar-refractivity contribution in [1.29, 1.82) is 0 Å². The van der Waals surface area contributed by atoms with E-state index in [0.29, 0.717) is 22.9 Å². The van der Waals surface area contributed by atoms with E-state index in [-0.39, 0.29) is 24.5 Å². The predicted molar refractivity (Wildman–Crippen MR) is 82.8 cm³/mol. The second kappa shape index (κ2) is 5.96. The highest BCUT2D eigenvalue weighted by Crippen LogP contribution is 2.29. The Morgan fingerprint density at radius 2 is 2.14 bits per heavy atom. The van der Waals surface area contributed by atoms with Crippen molar-refractivity contribution < 1.29 is 14.3 Å². The lowest BCUT2D eigenvalue weighted by atomic mass is 9.90. The largest absolute Gasteiger partial charge is 0.482 e. The molecule has 0 bridgehead atoms. The molecule has 0 radical (unpaired) electrons. The number of nitrogens with one attached hydrogen (secondary N) is 1. The Bertz CT molecular complexity index is 592. The second-order valence-electron chi connectivity index (χ2n) is 6.04. The number of nitrogens with zero attached hydrogens (tertiary/aromatic N) is 1. The van der Waals surface area contributed by atoms with E-state index in [1.165, 1.54) is 0 Å². The molecule has 1 aromatic rings. The van der Waals surface area contributed by atoms with E-state index in [9.17, 15) is 9.59 Å². The molecular formula is C16H21N3O3. The van der Waals surface area contributed by atoms with Gasteiger partial charge in [0.25, 0.3) is 11.8 Å². The molecule has 3 N–H and O–H groups in total. The van der Waals surface area contributed by atoms with Gasteiger partial charge in [-0.15, -0.1) is 0 Å². The summed E-state index contributed by atoms with van der Waals surface area (Å²) in [7, 11) is 0. The van der Waals surface area contributed by atoms with Gasteiger partial charge >= 0.3 is 0 Å². The Hall–Kier alpha value is -2.08. The summed E-state index contributed by atoms with van der Waals surface area (Å²) in [4.78, 5) is 25.8. The number of carbonyl (C=O) groups excluding carboxylic acids is 2. The van der Waals surface area contributed by atoms with Crippen LogP contribution in [0.5, 0.6) is 5.75 Å². The van der Waals surface area contributed by atoms with E-state index < -0.39 is 0 Å². The minimum atomic E-state index is -0.199. The number of carbonyl (C=O) groups is 2. The lowest BCUT2D eigenvalue weighted by Gasteiger charge is -2.34. The lowest BCUT2D eigenvalue weighted by Crippen LogP contribution is -2.42. The van der Waals surface area contributed by atoms with Crippen LogP contribution in [0.2, 0.25) is 0 Å². The van der Waals surface area contributed by atoms with Crippen LogP contribution in [0, 0.1) is 5.92 Å². The minimum absolute atomic E-state index is 0.00857. The minimum Gasteiger partial charge on any atom is -0.482 e. The second-order valence-corrected chi connectivity index (χ2v) is 6.04. The molecular weight excluding hydrogens is 282 g/mol. The van der Waals surface area contributed by atoms with Crippen LogP contribution in [0.1, 0.15) is 30.1 Å². The van der Waals surface area contributed by atoms with Crippen LogP contribution < -0.4 is 15.8 Å². The van der Waals surface area contributed by atoms with E-state index in [1.54, 1.807) is 18.2 Å². The molecule has 1 aromatic carbocycles. The Kier molecular flexibility index (Phi) is 4.02. The fourth-order valence-corrected chi connectivity index (χ4v) is 3.03. The van der Waals surface area contributed by atoms with Crippen molar-refractivity contribution in [2.75, 3.05) is 25.0 Å². The van der Waals surface area contributed by atoms with Gasteiger partial charge in [-0.2, -0.15) is 0 Å². The van der Waals surface area contributed by atoms with Crippen LogP contribution in [-0.2, 0) is 4.79 Å². The van der Waals surface area contributed by atoms with E-state index >= 15 is 0 Å². The number of piperidine rings is 1. The monoisotopic (exact) mass is 303 g/mol. The fraction of sp³-hybridized carbons (Fsp3) is 0.500. The first-order valence-corrected chi connectivity index (χ1v) is 7.66. The number of amides is 2. The molecule has 1 atom stereocenters. The van der Waals surface area contributed by atoms with Gasteiger partial charge in [-0.05, 0) is 43.9 Å². The van der Waals surface area contributed by atoms with Gasteiger partial charge in [0.05, 0.1) is 5.69 Å². The van der Waals surface area contributed by atoms with E-state index in [4.69, 9.17) is 10.5 Å². The van der Waals surface area contributed by atoms with E-state index in [1.807, 2.05) is 11.8 Å². The van der Waals surface area contributed by atoms with E-state index in [2.05, 4.69) is 5.32 Å². The third-order valence-corrected chi connectivity index (χ3v) is 4.43. The maximum atomic E-state index is 12.6. The zero-order valence-corrected chi connectivity index (χ0v) is 12.7. The zero-order valence-electron chi connectivity index (χ0n) is 12.7. The average molecular weight is 303 g/mol. The smallest absolute Gasteiger partial charge is 0.262 e. The van der Waals surface area contributed by atoms with E-state index in [0.717, 1.165) is 25.9 Å². The molecule has 0 spiro atoms. The summed E-state index contributed by atoms with van der Waals surface area (Å²) in [6, 6.07) is 5.34. The molecule has 6 nitrogen and oxygen atoms in total. The molecule has 2 aliphatic rings. The van der Waals surface area contributed by atoms with Crippen LogP contribution in [0.3, 0.4) is 0 Å². The normalized spacial score (nSPS) is 19.9. The van der Waals surface area contributed by atoms with Gasteiger partial charge < -0.3 is 20.7 Å². The van der Waals surface area contributed by atoms with Crippen molar-refractivity contribution in [2.45, 2.75) is 25.8 Å². The summed E-state index contributed by atoms with van der Waals surface area (Å²) in [5.74, 6) is 0.882. The van der Waals surface area contributed by atoms with Crippen LogP contribution in [0.25, 0.3) is 0 Å². The van der Waals surface area contributed by atoms with Crippen LogP contribution in [-0.4, -0.2) is 42.5 Å². The number of benzene rings is 1. The van der Waals surface area contributed by atoms with Crippen LogP contribution in [0.15, 0.2) is 18.2 Å². The summed E-state index contributed by atoms with van der Waals surface area (Å²) in [6.07, 6.45) is 1.88. The molecule has 0 aromatic heterocycles. The third kappa shape index (κ3) is 2.92. The number of anilines is 1. The number of likely N-dealkylation sites (tertiary alicyclic amines) is 1. The van der Waals surface area contributed by atoms with Crippen LogP contribution >= 0.6 is 0 Å². The Morgan fingerprint density at radius 3 is 2.82 bits per heavy atom. The summed E-state index contributed by atoms with van der Waals surface area (Å²) < 4.78 is 5.31. The first kappa shape index (κ1) is 14.8. The summed E-state index contributed by atoms with van der Waals surface area (Å²) in [6.45, 7) is 3.50. The SMILES string of the molecule is CC(N)C1CCN(C(=O)c2ccc3c(c2)NC(=O)CO3)CC1. The first-order valence-electron chi connectivity index (χ1n) is 7.66. The number of fused-ring (bicyclic) bond motifs is 1. The standard InChI is InChI=1S/C16H21N3O3/c1-10(17)11-4-6-19(7-5-11)16(21)12-2-3-14-13(8-12)18-15(20)9-22-14/h2-3,8,10-11H,4-7,9,17H2,1H3,(H,18,20). The molecule has 1 fully saturated rings. The molecule has 2 heterocycles. The van der Waals surface area contributed by atoms with Crippen molar-refractivity contribution in [2.24, 2.45) is 11.7 Å². The molecule has 2 aliphatic heterocycles. The van der Waals surface area contributed by atoms with Gasteiger partial charge in [0.1, 0.15) is 5.75 Å². The fourth-order valence-electron chi connectivity index (χ4n) is 3.03. The van der Waals surface area contributed by atoms with Crippen molar-refractivity contribution in [3.8, 4) is 5.75 Å². The number of ether oxygens (including phenoxy) is 1. The molecule has 0 saturated carbocycles. The van der Waals surface area contributed by atoms with Crippen molar-refractivity contribution in [3.05, 3.63) is 23.8 Å². The van der Waals surface area contributed by atoms with Gasteiger partial charge in [0.2, 0.25) is 0 Å².